The van der Waals surface area contributed by atoms with Crippen LogP contribution in [0.3, 0.4) is 0 Å². The Morgan fingerprint density at radius 3 is 3.00 bits per heavy atom. The summed E-state index contributed by atoms with van der Waals surface area (Å²) in [6, 6.07) is 4.30. The Morgan fingerprint density at radius 1 is 1.50 bits per heavy atom. The van der Waals surface area contributed by atoms with E-state index in [1.807, 2.05) is 0 Å². The summed E-state index contributed by atoms with van der Waals surface area (Å²) in [5, 5.41) is 0. The maximum atomic E-state index is 4.07. The Hall–Kier alpha value is -1.02. The van der Waals surface area contributed by atoms with Crippen LogP contribution in [0.1, 0.15) is 18.5 Å². The first-order chi connectivity index (χ1) is 6.75. The van der Waals surface area contributed by atoms with Gasteiger partial charge >= 0.3 is 0 Å². The van der Waals surface area contributed by atoms with E-state index in [0.717, 1.165) is 13.1 Å². The fourth-order valence-corrected chi connectivity index (χ4v) is 2.05. The first-order valence-electron chi connectivity index (χ1n) is 5.25. The van der Waals surface area contributed by atoms with Crippen LogP contribution in [0.15, 0.2) is 30.5 Å². The minimum Gasteiger partial charge on any atom is -0.353 e. The number of nitrogens with zero attached hydrogens (tertiary/aromatic N) is 2. The summed E-state index contributed by atoms with van der Waals surface area (Å²) in [6.45, 7) is 7.41. The Morgan fingerprint density at radius 2 is 2.36 bits per heavy atom. The molecule has 1 aromatic heterocycles. The van der Waals surface area contributed by atoms with Crippen LogP contribution in [0.4, 0.5) is 0 Å². The smallest absolute Gasteiger partial charge is 0.0390 e. The molecule has 0 atom stereocenters. The Kier molecular flexibility index (Phi) is 2.73. The number of likely N-dealkylation sites (tertiary alicyclic amines) is 1. The molecule has 2 rings (SSSR count). The third kappa shape index (κ3) is 2.07. The highest BCUT2D eigenvalue weighted by atomic mass is 15.1. The molecular weight excluding hydrogens is 172 g/mol. The summed E-state index contributed by atoms with van der Waals surface area (Å²) in [7, 11) is 2.11. The van der Waals surface area contributed by atoms with E-state index in [-0.39, 0.29) is 0 Å². The zero-order chi connectivity index (χ0) is 9.97. The first-order valence-corrected chi connectivity index (χ1v) is 5.25. The van der Waals surface area contributed by atoms with Crippen LogP contribution in [-0.4, -0.2) is 22.6 Å². The second-order valence-electron chi connectivity index (χ2n) is 4.17. The average Bonchev–Trinajstić information content (AvgIpc) is 2.52. The van der Waals surface area contributed by atoms with Crippen molar-refractivity contribution >= 4 is 0 Å². The molecule has 76 valence electrons. The lowest BCUT2D eigenvalue weighted by Crippen LogP contribution is -2.31. The molecule has 1 aromatic rings. The van der Waals surface area contributed by atoms with Crippen LogP contribution < -0.4 is 0 Å². The van der Waals surface area contributed by atoms with Gasteiger partial charge in [-0.1, -0.05) is 12.2 Å². The van der Waals surface area contributed by atoms with Crippen LogP contribution in [0.2, 0.25) is 0 Å². The Balaban J connectivity index is 1.97. The molecule has 0 radical (unpaired) electrons. The van der Waals surface area contributed by atoms with Gasteiger partial charge in [0, 0.05) is 32.0 Å². The second kappa shape index (κ2) is 4.01. The van der Waals surface area contributed by atoms with E-state index in [4.69, 9.17) is 0 Å². The third-order valence-electron chi connectivity index (χ3n) is 2.89. The summed E-state index contributed by atoms with van der Waals surface area (Å²) >= 11 is 0. The van der Waals surface area contributed by atoms with Crippen molar-refractivity contribution in [3.05, 3.63) is 36.2 Å². The second-order valence-corrected chi connectivity index (χ2v) is 4.17. The molecule has 1 fully saturated rings. The SMILES string of the molecule is C=C1CCCN(Cc2cccn2C)C1. The average molecular weight is 190 g/mol. The van der Waals surface area contributed by atoms with Gasteiger partial charge in [-0.25, -0.2) is 0 Å². The van der Waals surface area contributed by atoms with Gasteiger partial charge in [-0.15, -0.1) is 0 Å². The van der Waals surface area contributed by atoms with Crippen molar-refractivity contribution in [3.8, 4) is 0 Å². The fourth-order valence-electron chi connectivity index (χ4n) is 2.05. The highest BCUT2D eigenvalue weighted by Gasteiger charge is 2.13. The zero-order valence-electron chi connectivity index (χ0n) is 8.87. The Labute approximate surface area is 85.8 Å². The lowest BCUT2D eigenvalue weighted by molar-refractivity contribution is 0.253. The van der Waals surface area contributed by atoms with Gasteiger partial charge in [-0.05, 0) is 31.5 Å². The van der Waals surface area contributed by atoms with Gasteiger partial charge in [-0.3, -0.25) is 4.90 Å². The highest BCUT2D eigenvalue weighted by molar-refractivity contribution is 5.08. The number of piperidine rings is 1. The highest BCUT2D eigenvalue weighted by Crippen LogP contribution is 2.16. The van der Waals surface area contributed by atoms with Crippen LogP contribution >= 0.6 is 0 Å². The van der Waals surface area contributed by atoms with E-state index in [1.165, 1.54) is 30.7 Å². The predicted molar refractivity (Wildman–Crippen MR) is 59.1 cm³/mol. The summed E-state index contributed by atoms with van der Waals surface area (Å²) in [5.41, 5.74) is 2.77. The third-order valence-corrected chi connectivity index (χ3v) is 2.89. The zero-order valence-corrected chi connectivity index (χ0v) is 8.87. The molecule has 0 saturated carbocycles. The van der Waals surface area contributed by atoms with Gasteiger partial charge in [-0.2, -0.15) is 0 Å². The first kappa shape index (κ1) is 9.53. The summed E-state index contributed by atoms with van der Waals surface area (Å²) < 4.78 is 2.19. The quantitative estimate of drug-likeness (QED) is 0.649. The molecule has 2 nitrogen and oxygen atoms in total. The van der Waals surface area contributed by atoms with Crippen molar-refractivity contribution in [1.29, 1.82) is 0 Å². The van der Waals surface area contributed by atoms with Gasteiger partial charge in [0.15, 0.2) is 0 Å². The summed E-state index contributed by atoms with van der Waals surface area (Å²) in [6.07, 6.45) is 4.58. The van der Waals surface area contributed by atoms with E-state index < -0.39 is 0 Å². The molecule has 0 aromatic carbocycles. The lowest BCUT2D eigenvalue weighted by Gasteiger charge is -2.28. The van der Waals surface area contributed by atoms with Crippen molar-refractivity contribution in [2.24, 2.45) is 7.05 Å². The van der Waals surface area contributed by atoms with Crippen molar-refractivity contribution in [2.45, 2.75) is 19.4 Å². The van der Waals surface area contributed by atoms with E-state index >= 15 is 0 Å². The van der Waals surface area contributed by atoms with Crippen molar-refractivity contribution in [1.82, 2.24) is 9.47 Å². The molecule has 2 heteroatoms. The topological polar surface area (TPSA) is 8.17 Å². The number of aromatic nitrogens is 1. The van der Waals surface area contributed by atoms with Gasteiger partial charge in [0.05, 0.1) is 0 Å². The number of hydrogen-bond donors (Lipinski definition) is 0. The molecule has 0 unspecified atom stereocenters. The summed E-state index contributed by atoms with van der Waals surface area (Å²) in [4.78, 5) is 2.47. The molecule has 1 aliphatic heterocycles. The maximum Gasteiger partial charge on any atom is 0.0390 e. The normalized spacial score (nSPS) is 18.8. The largest absolute Gasteiger partial charge is 0.353 e. The molecule has 0 bridgehead atoms. The molecule has 14 heavy (non-hydrogen) atoms. The molecule has 2 heterocycles. The number of rotatable bonds is 2. The van der Waals surface area contributed by atoms with Crippen LogP contribution in [0, 0.1) is 0 Å². The number of aryl methyl sites for hydroxylation is 1. The van der Waals surface area contributed by atoms with Gasteiger partial charge in [0.2, 0.25) is 0 Å². The minimum atomic E-state index is 1.06. The van der Waals surface area contributed by atoms with Gasteiger partial charge in [0.25, 0.3) is 0 Å². The van der Waals surface area contributed by atoms with Crippen molar-refractivity contribution in [3.63, 3.8) is 0 Å². The van der Waals surface area contributed by atoms with Crippen LogP contribution in [0.25, 0.3) is 0 Å². The van der Waals surface area contributed by atoms with Crippen LogP contribution in [0.5, 0.6) is 0 Å². The van der Waals surface area contributed by atoms with E-state index in [2.05, 4.69) is 41.4 Å². The fraction of sp³-hybridized carbons (Fsp3) is 0.500. The molecule has 1 saturated heterocycles. The van der Waals surface area contributed by atoms with E-state index in [9.17, 15) is 0 Å². The summed E-state index contributed by atoms with van der Waals surface area (Å²) in [5.74, 6) is 0. The van der Waals surface area contributed by atoms with E-state index in [0.29, 0.717) is 0 Å². The van der Waals surface area contributed by atoms with E-state index in [1.54, 1.807) is 0 Å². The van der Waals surface area contributed by atoms with Crippen LogP contribution in [-0.2, 0) is 13.6 Å². The molecule has 0 aliphatic carbocycles. The van der Waals surface area contributed by atoms with Gasteiger partial charge < -0.3 is 4.57 Å². The standard InChI is InChI=1S/C12H18N2/c1-11-5-3-8-14(9-11)10-12-6-4-7-13(12)2/h4,6-7H,1,3,5,8-10H2,2H3. The molecule has 0 N–H and O–H groups in total. The molecule has 0 spiro atoms. The Bertz CT molecular complexity index is 325. The predicted octanol–water partition coefficient (Wildman–Crippen LogP) is 2.18. The minimum absolute atomic E-state index is 1.06. The lowest BCUT2D eigenvalue weighted by atomic mass is 10.1. The maximum absolute atomic E-state index is 4.07. The van der Waals surface area contributed by atoms with Crippen molar-refractivity contribution in [2.75, 3.05) is 13.1 Å². The molecule has 1 aliphatic rings. The molecule has 0 amide bonds. The number of hydrogen-bond acceptors (Lipinski definition) is 1. The van der Waals surface area contributed by atoms with Gasteiger partial charge in [0.1, 0.15) is 0 Å². The van der Waals surface area contributed by atoms with Crippen molar-refractivity contribution < 1.29 is 0 Å². The monoisotopic (exact) mass is 190 g/mol. The molecular formula is C12H18N2.